The van der Waals surface area contributed by atoms with Gasteiger partial charge in [-0.1, -0.05) is 36.4 Å². The first-order chi connectivity index (χ1) is 9.86. The fraction of sp³-hybridized carbons (Fsp3) is 0.0588. The smallest absolute Gasteiger partial charge is 0.177 e. The zero-order valence-electron chi connectivity index (χ0n) is 10.7. The molecule has 1 aliphatic heterocycles. The third-order valence-electron chi connectivity index (χ3n) is 3.50. The maximum atomic E-state index is 9.54. The molecule has 0 fully saturated rings. The van der Waals surface area contributed by atoms with Crippen LogP contribution in [0.25, 0.3) is 10.8 Å². The molecular weight excluding hydrogens is 252 g/mol. The van der Waals surface area contributed by atoms with Crippen molar-refractivity contribution in [1.82, 2.24) is 0 Å². The lowest BCUT2D eigenvalue weighted by atomic mass is 10.0. The minimum Gasteiger partial charge on any atom is -0.449 e. The van der Waals surface area contributed by atoms with Crippen LogP contribution in [0.1, 0.15) is 5.56 Å². The number of hydrogen-bond donors (Lipinski definition) is 1. The van der Waals surface area contributed by atoms with Gasteiger partial charge < -0.3 is 14.6 Å². The van der Waals surface area contributed by atoms with Crippen molar-refractivity contribution in [3.05, 3.63) is 60.2 Å². The lowest BCUT2D eigenvalue weighted by Gasteiger charge is -2.22. The number of rotatable bonds is 1. The van der Waals surface area contributed by atoms with Crippen LogP contribution in [0.3, 0.4) is 0 Å². The highest BCUT2D eigenvalue weighted by atomic mass is 16.6. The molecule has 4 rings (SSSR count). The fourth-order valence-electron chi connectivity index (χ4n) is 2.55. The molecule has 3 aromatic rings. The first-order valence-corrected chi connectivity index (χ1v) is 6.47. The molecule has 0 amide bonds. The molecule has 0 saturated heterocycles. The number of ether oxygens (including phenoxy) is 2. The van der Waals surface area contributed by atoms with Crippen LogP contribution < -0.4 is 9.47 Å². The predicted octanol–water partition coefficient (Wildman–Crippen LogP) is 4.23. The lowest BCUT2D eigenvalue weighted by Crippen LogP contribution is -2.01. The quantitative estimate of drug-likeness (QED) is 0.559. The SMILES string of the molecule is OCc1cc2c(c3ccccc13)Oc1ccccc1O2. The Hall–Kier alpha value is -2.52. The van der Waals surface area contributed by atoms with E-state index in [-0.39, 0.29) is 6.61 Å². The molecule has 0 saturated carbocycles. The molecule has 3 heteroatoms. The highest BCUT2D eigenvalue weighted by Gasteiger charge is 2.22. The first-order valence-electron chi connectivity index (χ1n) is 6.47. The zero-order chi connectivity index (χ0) is 13.5. The number of fused-ring (bicyclic) bond motifs is 4. The Bertz CT molecular complexity index is 808. The summed E-state index contributed by atoms with van der Waals surface area (Å²) in [5.74, 6) is 2.75. The van der Waals surface area contributed by atoms with Crippen molar-refractivity contribution < 1.29 is 14.6 Å². The molecule has 0 aromatic heterocycles. The van der Waals surface area contributed by atoms with Crippen molar-refractivity contribution in [2.24, 2.45) is 0 Å². The van der Waals surface area contributed by atoms with Crippen LogP contribution in [0.2, 0.25) is 0 Å². The van der Waals surface area contributed by atoms with E-state index in [0.717, 1.165) is 16.3 Å². The highest BCUT2D eigenvalue weighted by Crippen LogP contribution is 2.49. The van der Waals surface area contributed by atoms with Gasteiger partial charge in [-0.15, -0.1) is 0 Å². The third kappa shape index (κ3) is 1.57. The molecule has 3 nitrogen and oxygen atoms in total. The average molecular weight is 264 g/mol. The second-order valence-corrected chi connectivity index (χ2v) is 4.72. The number of aliphatic hydroxyl groups is 1. The molecule has 98 valence electrons. The Kier molecular flexibility index (Phi) is 2.41. The number of hydrogen-bond acceptors (Lipinski definition) is 3. The van der Waals surface area contributed by atoms with Crippen LogP contribution in [-0.4, -0.2) is 5.11 Å². The molecule has 0 unspecified atom stereocenters. The Labute approximate surface area is 116 Å². The number of para-hydroxylation sites is 2. The number of benzene rings is 3. The molecule has 0 radical (unpaired) electrons. The topological polar surface area (TPSA) is 38.7 Å². The number of aliphatic hydroxyl groups excluding tert-OH is 1. The summed E-state index contributed by atoms with van der Waals surface area (Å²) in [6, 6.07) is 17.3. The van der Waals surface area contributed by atoms with E-state index in [2.05, 4.69) is 0 Å². The minimum atomic E-state index is -0.0290. The summed E-state index contributed by atoms with van der Waals surface area (Å²) >= 11 is 0. The molecule has 20 heavy (non-hydrogen) atoms. The van der Waals surface area contributed by atoms with Gasteiger partial charge in [0, 0.05) is 5.39 Å². The Morgan fingerprint density at radius 3 is 2.15 bits per heavy atom. The van der Waals surface area contributed by atoms with E-state index >= 15 is 0 Å². The molecule has 3 aromatic carbocycles. The summed E-state index contributed by atoms with van der Waals surface area (Å²) in [4.78, 5) is 0. The van der Waals surface area contributed by atoms with E-state index in [1.54, 1.807) is 0 Å². The average Bonchev–Trinajstić information content (AvgIpc) is 2.52. The van der Waals surface area contributed by atoms with Crippen molar-refractivity contribution in [3.8, 4) is 23.0 Å². The van der Waals surface area contributed by atoms with Crippen LogP contribution >= 0.6 is 0 Å². The Balaban J connectivity index is 2.00. The van der Waals surface area contributed by atoms with Gasteiger partial charge in [0.2, 0.25) is 0 Å². The first kappa shape index (κ1) is 11.3. The maximum Gasteiger partial charge on any atom is 0.177 e. The van der Waals surface area contributed by atoms with E-state index in [0.29, 0.717) is 23.0 Å². The van der Waals surface area contributed by atoms with Crippen LogP contribution in [0, 0.1) is 0 Å². The van der Waals surface area contributed by atoms with Gasteiger partial charge in [0.1, 0.15) is 0 Å². The molecular formula is C17H12O3. The van der Waals surface area contributed by atoms with E-state index in [4.69, 9.17) is 9.47 Å². The van der Waals surface area contributed by atoms with Crippen molar-refractivity contribution in [2.45, 2.75) is 6.61 Å². The Morgan fingerprint density at radius 2 is 1.40 bits per heavy atom. The summed E-state index contributed by atoms with van der Waals surface area (Å²) < 4.78 is 11.9. The summed E-state index contributed by atoms with van der Waals surface area (Å²) in [7, 11) is 0. The molecule has 0 aliphatic carbocycles. The van der Waals surface area contributed by atoms with Crippen molar-refractivity contribution >= 4 is 10.8 Å². The van der Waals surface area contributed by atoms with E-state index in [9.17, 15) is 5.11 Å². The van der Waals surface area contributed by atoms with Crippen molar-refractivity contribution in [3.63, 3.8) is 0 Å². The van der Waals surface area contributed by atoms with Gasteiger partial charge in [0.25, 0.3) is 0 Å². The summed E-state index contributed by atoms with van der Waals surface area (Å²) in [6.07, 6.45) is 0. The van der Waals surface area contributed by atoms with Crippen molar-refractivity contribution in [1.29, 1.82) is 0 Å². The maximum absolute atomic E-state index is 9.54. The normalized spacial score (nSPS) is 12.2. The van der Waals surface area contributed by atoms with E-state index in [1.165, 1.54) is 0 Å². The van der Waals surface area contributed by atoms with Crippen LogP contribution in [-0.2, 0) is 6.61 Å². The van der Waals surface area contributed by atoms with Gasteiger partial charge in [-0.25, -0.2) is 0 Å². The molecule has 0 atom stereocenters. The summed E-state index contributed by atoms with van der Waals surface area (Å²) in [6.45, 7) is -0.0290. The molecule has 0 spiro atoms. The largest absolute Gasteiger partial charge is 0.449 e. The van der Waals surface area contributed by atoms with Crippen LogP contribution in [0.4, 0.5) is 0 Å². The molecule has 1 N–H and O–H groups in total. The van der Waals surface area contributed by atoms with E-state index in [1.807, 2.05) is 54.6 Å². The molecule has 1 heterocycles. The zero-order valence-corrected chi connectivity index (χ0v) is 10.7. The lowest BCUT2D eigenvalue weighted by molar-refractivity contribution is 0.282. The molecule has 0 bridgehead atoms. The fourth-order valence-corrected chi connectivity index (χ4v) is 2.55. The van der Waals surface area contributed by atoms with Crippen LogP contribution in [0.5, 0.6) is 23.0 Å². The van der Waals surface area contributed by atoms with Crippen LogP contribution in [0.15, 0.2) is 54.6 Å². The molecule has 1 aliphatic rings. The van der Waals surface area contributed by atoms with E-state index < -0.39 is 0 Å². The van der Waals surface area contributed by atoms with Crippen molar-refractivity contribution in [2.75, 3.05) is 0 Å². The van der Waals surface area contributed by atoms with Gasteiger partial charge in [-0.2, -0.15) is 0 Å². The second kappa shape index (κ2) is 4.25. The van der Waals surface area contributed by atoms with Gasteiger partial charge in [-0.05, 0) is 29.1 Å². The monoisotopic (exact) mass is 264 g/mol. The summed E-state index contributed by atoms with van der Waals surface area (Å²) in [5, 5.41) is 11.5. The van der Waals surface area contributed by atoms with Gasteiger partial charge >= 0.3 is 0 Å². The predicted molar refractivity (Wildman–Crippen MR) is 76.5 cm³/mol. The highest BCUT2D eigenvalue weighted by molar-refractivity contribution is 5.94. The standard InChI is InChI=1S/C17H12O3/c18-10-11-9-16-17(13-6-2-1-5-12(11)13)20-15-8-4-3-7-14(15)19-16/h1-9,18H,10H2. The third-order valence-corrected chi connectivity index (χ3v) is 3.50. The Morgan fingerprint density at radius 1 is 0.750 bits per heavy atom. The minimum absolute atomic E-state index is 0.0290. The van der Waals surface area contributed by atoms with Gasteiger partial charge in [0.05, 0.1) is 6.61 Å². The van der Waals surface area contributed by atoms with Gasteiger partial charge in [0.15, 0.2) is 23.0 Å². The second-order valence-electron chi connectivity index (χ2n) is 4.72. The van der Waals surface area contributed by atoms with Gasteiger partial charge in [-0.3, -0.25) is 0 Å². The summed E-state index contributed by atoms with van der Waals surface area (Å²) in [5.41, 5.74) is 0.835.